The third kappa shape index (κ3) is 4.21. The molecule has 0 amide bonds. The molecule has 1 aliphatic carbocycles. The van der Waals surface area contributed by atoms with E-state index in [4.69, 9.17) is 6.42 Å². The van der Waals surface area contributed by atoms with E-state index in [0.717, 1.165) is 44.2 Å². The number of rotatable bonds is 5. The molecule has 0 radical (unpaired) electrons. The number of aromatic nitrogens is 2. The minimum absolute atomic E-state index is 0.628. The topological polar surface area (TPSA) is 35.5 Å². The summed E-state index contributed by atoms with van der Waals surface area (Å²) in [7, 11) is 2.16. The van der Waals surface area contributed by atoms with Gasteiger partial charge in [0.15, 0.2) is 0 Å². The maximum atomic E-state index is 5.55. The molecule has 2 aliphatic rings. The van der Waals surface area contributed by atoms with Gasteiger partial charge in [-0.05, 0) is 19.9 Å². The second kappa shape index (κ2) is 7.76. The fourth-order valence-electron chi connectivity index (χ4n) is 3.53. The van der Waals surface area contributed by atoms with Gasteiger partial charge < -0.3 is 9.80 Å². The quantitative estimate of drug-likeness (QED) is 0.772. The van der Waals surface area contributed by atoms with Crippen LogP contribution in [-0.2, 0) is 6.54 Å². The SMILES string of the molecule is C#CCN(Cc1cnc(N2CCN(C)CC2)nc1)C1CCCC1. The number of likely N-dealkylation sites (N-methyl/N-ethyl adjacent to an activating group) is 1. The first-order chi connectivity index (χ1) is 11.3. The first kappa shape index (κ1) is 16.2. The fraction of sp³-hybridized carbons (Fsp3) is 0.667. The Bertz CT molecular complexity index is 521. The molecule has 1 aromatic heterocycles. The summed E-state index contributed by atoms with van der Waals surface area (Å²) >= 11 is 0. The van der Waals surface area contributed by atoms with E-state index in [-0.39, 0.29) is 0 Å². The molecule has 1 saturated carbocycles. The van der Waals surface area contributed by atoms with Crippen LogP contribution >= 0.6 is 0 Å². The van der Waals surface area contributed by atoms with Gasteiger partial charge in [-0.2, -0.15) is 0 Å². The average Bonchev–Trinajstić information content (AvgIpc) is 3.10. The van der Waals surface area contributed by atoms with Crippen LogP contribution in [0.3, 0.4) is 0 Å². The third-order valence-corrected chi connectivity index (χ3v) is 5.00. The second-order valence-electron chi connectivity index (χ2n) is 6.73. The van der Waals surface area contributed by atoms with Crippen molar-refractivity contribution in [1.29, 1.82) is 0 Å². The molecule has 2 heterocycles. The summed E-state index contributed by atoms with van der Waals surface area (Å²) in [4.78, 5) is 16.2. The normalized spacial score (nSPS) is 20.1. The molecule has 0 atom stereocenters. The van der Waals surface area contributed by atoms with Crippen LogP contribution in [0.2, 0.25) is 0 Å². The van der Waals surface area contributed by atoms with E-state index in [1.807, 2.05) is 12.4 Å². The molecule has 0 N–H and O–H groups in total. The highest BCUT2D eigenvalue weighted by atomic mass is 15.3. The maximum Gasteiger partial charge on any atom is 0.225 e. The lowest BCUT2D eigenvalue weighted by Crippen LogP contribution is -2.45. The summed E-state index contributed by atoms with van der Waals surface area (Å²) in [6.45, 7) is 5.72. The van der Waals surface area contributed by atoms with E-state index in [0.29, 0.717) is 12.6 Å². The molecule has 0 unspecified atom stereocenters. The van der Waals surface area contributed by atoms with Gasteiger partial charge in [-0.25, -0.2) is 9.97 Å². The first-order valence-electron chi connectivity index (χ1n) is 8.68. The summed E-state index contributed by atoms with van der Waals surface area (Å²) in [6, 6.07) is 0.628. The van der Waals surface area contributed by atoms with E-state index in [2.05, 4.69) is 37.6 Å². The van der Waals surface area contributed by atoms with Crippen LogP contribution in [0.15, 0.2) is 12.4 Å². The monoisotopic (exact) mass is 313 g/mol. The molecule has 0 bridgehead atoms. The molecule has 5 nitrogen and oxygen atoms in total. The number of anilines is 1. The van der Waals surface area contributed by atoms with Crippen molar-refractivity contribution in [1.82, 2.24) is 19.8 Å². The zero-order valence-corrected chi connectivity index (χ0v) is 14.1. The first-order valence-corrected chi connectivity index (χ1v) is 8.68. The van der Waals surface area contributed by atoms with Crippen molar-refractivity contribution in [2.24, 2.45) is 0 Å². The van der Waals surface area contributed by atoms with Crippen molar-refractivity contribution in [3.8, 4) is 12.3 Å². The summed E-state index contributed by atoms with van der Waals surface area (Å²) in [5.74, 6) is 3.66. The molecule has 0 aromatic carbocycles. The van der Waals surface area contributed by atoms with Gasteiger partial charge in [0, 0.05) is 56.7 Å². The molecule has 0 spiro atoms. The van der Waals surface area contributed by atoms with Gasteiger partial charge in [0.1, 0.15) is 0 Å². The van der Waals surface area contributed by atoms with Crippen molar-refractivity contribution in [3.63, 3.8) is 0 Å². The van der Waals surface area contributed by atoms with Crippen molar-refractivity contribution in [2.45, 2.75) is 38.3 Å². The zero-order chi connectivity index (χ0) is 16.1. The van der Waals surface area contributed by atoms with Gasteiger partial charge in [-0.3, -0.25) is 4.90 Å². The number of nitrogens with zero attached hydrogens (tertiary/aromatic N) is 5. The Morgan fingerprint density at radius 3 is 2.43 bits per heavy atom. The molecule has 5 heteroatoms. The largest absolute Gasteiger partial charge is 0.338 e. The van der Waals surface area contributed by atoms with Crippen molar-refractivity contribution in [3.05, 3.63) is 18.0 Å². The highest BCUT2D eigenvalue weighted by Gasteiger charge is 2.22. The number of terminal acetylenes is 1. The minimum atomic E-state index is 0.628. The molecule has 3 rings (SSSR count). The van der Waals surface area contributed by atoms with Gasteiger partial charge >= 0.3 is 0 Å². The van der Waals surface area contributed by atoms with Crippen molar-refractivity contribution in [2.75, 3.05) is 44.7 Å². The molecule has 2 fully saturated rings. The summed E-state index contributed by atoms with van der Waals surface area (Å²) in [5, 5.41) is 0. The molecule has 1 aromatic rings. The van der Waals surface area contributed by atoms with Gasteiger partial charge in [-0.15, -0.1) is 6.42 Å². The summed E-state index contributed by atoms with van der Waals surface area (Å²) < 4.78 is 0. The van der Waals surface area contributed by atoms with Crippen LogP contribution in [0.5, 0.6) is 0 Å². The van der Waals surface area contributed by atoms with Crippen LogP contribution in [0.1, 0.15) is 31.2 Å². The van der Waals surface area contributed by atoms with Crippen LogP contribution in [0.4, 0.5) is 5.95 Å². The molecular weight excluding hydrogens is 286 g/mol. The predicted octanol–water partition coefficient (Wildman–Crippen LogP) is 1.61. The predicted molar refractivity (Wildman–Crippen MR) is 93.2 cm³/mol. The zero-order valence-electron chi connectivity index (χ0n) is 14.1. The summed E-state index contributed by atoms with van der Waals surface area (Å²) in [6.07, 6.45) is 14.7. The maximum absolute atomic E-state index is 5.55. The minimum Gasteiger partial charge on any atom is -0.338 e. The molecule has 23 heavy (non-hydrogen) atoms. The van der Waals surface area contributed by atoms with E-state index in [1.165, 1.54) is 25.7 Å². The Morgan fingerprint density at radius 2 is 1.83 bits per heavy atom. The molecule has 124 valence electrons. The standard InChI is InChI=1S/C18H27N5/c1-3-8-23(17-6-4-5-7-17)15-16-13-19-18(20-14-16)22-11-9-21(2)10-12-22/h1,13-14,17H,4-12,15H2,2H3. The van der Waals surface area contributed by atoms with E-state index < -0.39 is 0 Å². The van der Waals surface area contributed by atoms with Crippen molar-refractivity contribution < 1.29 is 0 Å². The highest BCUT2D eigenvalue weighted by molar-refractivity contribution is 5.30. The summed E-state index contributed by atoms with van der Waals surface area (Å²) in [5.41, 5.74) is 1.16. The van der Waals surface area contributed by atoms with Gasteiger partial charge in [-0.1, -0.05) is 18.8 Å². The highest BCUT2D eigenvalue weighted by Crippen LogP contribution is 2.24. The Labute approximate surface area is 139 Å². The number of piperazine rings is 1. The van der Waals surface area contributed by atoms with E-state index in [9.17, 15) is 0 Å². The fourth-order valence-corrected chi connectivity index (χ4v) is 3.53. The number of hydrogen-bond donors (Lipinski definition) is 0. The van der Waals surface area contributed by atoms with Gasteiger partial charge in [0.2, 0.25) is 5.95 Å². The van der Waals surface area contributed by atoms with Crippen LogP contribution in [0, 0.1) is 12.3 Å². The van der Waals surface area contributed by atoms with E-state index in [1.54, 1.807) is 0 Å². The second-order valence-corrected chi connectivity index (χ2v) is 6.73. The smallest absolute Gasteiger partial charge is 0.225 e. The Balaban J connectivity index is 1.60. The van der Waals surface area contributed by atoms with Gasteiger partial charge in [0.25, 0.3) is 0 Å². The lowest BCUT2D eigenvalue weighted by atomic mass is 10.2. The Kier molecular flexibility index (Phi) is 5.47. The molecule has 1 saturated heterocycles. The van der Waals surface area contributed by atoms with Crippen LogP contribution < -0.4 is 4.90 Å². The van der Waals surface area contributed by atoms with Crippen molar-refractivity contribution >= 4 is 5.95 Å². The van der Waals surface area contributed by atoms with Crippen LogP contribution in [-0.4, -0.2) is 65.6 Å². The Hall–Kier alpha value is -1.64. The van der Waals surface area contributed by atoms with Crippen LogP contribution in [0.25, 0.3) is 0 Å². The third-order valence-electron chi connectivity index (χ3n) is 5.00. The van der Waals surface area contributed by atoms with E-state index >= 15 is 0 Å². The number of hydrogen-bond acceptors (Lipinski definition) is 5. The lowest BCUT2D eigenvalue weighted by Gasteiger charge is -2.32. The lowest BCUT2D eigenvalue weighted by molar-refractivity contribution is 0.214. The average molecular weight is 313 g/mol. The molecule has 1 aliphatic heterocycles. The molecular formula is C18H27N5. The Morgan fingerprint density at radius 1 is 1.17 bits per heavy atom. The van der Waals surface area contributed by atoms with Gasteiger partial charge in [0.05, 0.1) is 6.54 Å².